The van der Waals surface area contributed by atoms with Crippen LogP contribution in [0.25, 0.3) is 0 Å². The summed E-state index contributed by atoms with van der Waals surface area (Å²) in [6.07, 6.45) is 1.66. The van der Waals surface area contributed by atoms with E-state index in [1.54, 1.807) is 48.7 Å². The molecule has 3 rings (SSSR count). The monoisotopic (exact) mass is 353 g/mol. The second-order valence-corrected chi connectivity index (χ2v) is 6.16. The van der Waals surface area contributed by atoms with Crippen LogP contribution < -0.4 is 10.6 Å². The number of nitrogens with one attached hydrogen (secondary N) is 2. The van der Waals surface area contributed by atoms with Gasteiger partial charge in [-0.2, -0.15) is 0 Å². The maximum absolute atomic E-state index is 12.4. The van der Waals surface area contributed by atoms with Crippen molar-refractivity contribution in [3.63, 3.8) is 0 Å². The van der Waals surface area contributed by atoms with E-state index in [9.17, 15) is 9.59 Å². The molecular weight excluding hydrogens is 338 g/mol. The molecule has 25 heavy (non-hydrogen) atoms. The molecule has 0 fully saturated rings. The third-order valence-corrected chi connectivity index (χ3v) is 4.06. The quantitative estimate of drug-likeness (QED) is 0.627. The molecule has 0 bridgehead atoms. The largest absolute Gasteiger partial charge is 0.481 e. The smallest absolute Gasteiger partial charge is 0.307 e. The standard InChI is InChI=1S/C18H15N3O3S/c22-16(23)10-12-4-6-14(7-5-12)20-17(24)13-2-1-3-15(11-13)21-18-19-8-9-25-18/h1-9,11H,10H2,(H,19,21)(H,20,24)(H,22,23). The summed E-state index contributed by atoms with van der Waals surface area (Å²) in [6.45, 7) is 0. The number of anilines is 3. The fourth-order valence-corrected chi connectivity index (χ4v) is 2.78. The van der Waals surface area contributed by atoms with E-state index in [0.29, 0.717) is 16.8 Å². The highest BCUT2D eigenvalue weighted by molar-refractivity contribution is 7.13. The van der Waals surface area contributed by atoms with E-state index in [2.05, 4.69) is 15.6 Å². The highest BCUT2D eigenvalue weighted by atomic mass is 32.1. The van der Waals surface area contributed by atoms with E-state index in [4.69, 9.17) is 5.11 Å². The number of benzene rings is 2. The molecule has 1 heterocycles. The summed E-state index contributed by atoms with van der Waals surface area (Å²) in [7, 11) is 0. The molecule has 0 aliphatic carbocycles. The van der Waals surface area contributed by atoms with Crippen molar-refractivity contribution < 1.29 is 14.7 Å². The van der Waals surface area contributed by atoms with Crippen molar-refractivity contribution in [2.24, 2.45) is 0 Å². The second-order valence-electron chi connectivity index (χ2n) is 5.26. The molecule has 1 aromatic heterocycles. The summed E-state index contributed by atoms with van der Waals surface area (Å²) in [5.74, 6) is -1.13. The summed E-state index contributed by atoms with van der Waals surface area (Å²) < 4.78 is 0. The Kier molecular flexibility index (Phi) is 5.06. The number of carbonyl (C=O) groups is 2. The molecular formula is C18H15N3O3S. The van der Waals surface area contributed by atoms with Crippen LogP contribution in [0.4, 0.5) is 16.5 Å². The number of carbonyl (C=O) groups excluding carboxylic acids is 1. The van der Waals surface area contributed by atoms with Crippen LogP contribution in [-0.4, -0.2) is 22.0 Å². The van der Waals surface area contributed by atoms with Gasteiger partial charge in [0.05, 0.1) is 6.42 Å². The molecule has 1 amide bonds. The number of hydrogen-bond acceptors (Lipinski definition) is 5. The zero-order valence-corrected chi connectivity index (χ0v) is 13.9. The molecule has 0 unspecified atom stereocenters. The topological polar surface area (TPSA) is 91.3 Å². The third kappa shape index (κ3) is 4.65. The lowest BCUT2D eigenvalue weighted by atomic mass is 10.1. The van der Waals surface area contributed by atoms with E-state index < -0.39 is 5.97 Å². The Morgan fingerprint density at radius 2 is 1.88 bits per heavy atom. The molecule has 0 aliphatic rings. The van der Waals surface area contributed by atoms with Crippen LogP contribution in [0.1, 0.15) is 15.9 Å². The SMILES string of the molecule is O=C(O)Cc1ccc(NC(=O)c2cccc(Nc3nccs3)c2)cc1. The Morgan fingerprint density at radius 3 is 2.56 bits per heavy atom. The molecule has 3 aromatic rings. The molecule has 0 spiro atoms. The van der Waals surface area contributed by atoms with Crippen molar-refractivity contribution in [1.29, 1.82) is 0 Å². The Morgan fingerprint density at radius 1 is 1.08 bits per heavy atom. The fourth-order valence-electron chi connectivity index (χ4n) is 2.23. The highest BCUT2D eigenvalue weighted by Gasteiger charge is 2.08. The van der Waals surface area contributed by atoms with Crippen molar-refractivity contribution in [2.75, 3.05) is 10.6 Å². The number of nitrogens with zero attached hydrogens (tertiary/aromatic N) is 1. The fraction of sp³-hybridized carbons (Fsp3) is 0.0556. The van der Waals surface area contributed by atoms with Gasteiger partial charge in [0.1, 0.15) is 0 Å². The van der Waals surface area contributed by atoms with Crippen molar-refractivity contribution in [3.05, 3.63) is 71.2 Å². The number of amides is 1. The number of carboxylic acid groups (broad SMARTS) is 1. The average Bonchev–Trinajstić information content (AvgIpc) is 3.09. The van der Waals surface area contributed by atoms with Crippen molar-refractivity contribution in [1.82, 2.24) is 4.98 Å². The summed E-state index contributed by atoms with van der Waals surface area (Å²) in [5, 5.41) is 17.3. The maximum atomic E-state index is 12.4. The second kappa shape index (κ2) is 7.59. The van der Waals surface area contributed by atoms with E-state index in [1.807, 2.05) is 11.4 Å². The van der Waals surface area contributed by atoms with Gasteiger partial charge in [0.25, 0.3) is 5.91 Å². The van der Waals surface area contributed by atoms with Crippen molar-refractivity contribution in [3.8, 4) is 0 Å². The maximum Gasteiger partial charge on any atom is 0.307 e. The number of rotatable bonds is 6. The van der Waals surface area contributed by atoms with Crippen molar-refractivity contribution in [2.45, 2.75) is 6.42 Å². The van der Waals surface area contributed by atoms with E-state index in [-0.39, 0.29) is 12.3 Å². The van der Waals surface area contributed by atoms with Gasteiger partial charge < -0.3 is 15.7 Å². The molecule has 3 N–H and O–H groups in total. The lowest BCUT2D eigenvalue weighted by molar-refractivity contribution is -0.136. The Hall–Kier alpha value is -3.19. The predicted molar refractivity (Wildman–Crippen MR) is 97.6 cm³/mol. The Bertz CT molecular complexity index is 877. The van der Waals surface area contributed by atoms with E-state index >= 15 is 0 Å². The van der Waals surface area contributed by atoms with Gasteiger partial charge in [-0.25, -0.2) is 4.98 Å². The van der Waals surface area contributed by atoms with Gasteiger partial charge in [-0.1, -0.05) is 18.2 Å². The normalized spacial score (nSPS) is 10.2. The minimum atomic E-state index is -0.888. The van der Waals surface area contributed by atoms with Crippen LogP contribution in [0.2, 0.25) is 0 Å². The molecule has 0 saturated carbocycles. The lowest BCUT2D eigenvalue weighted by Gasteiger charge is -2.08. The van der Waals surface area contributed by atoms with E-state index in [1.165, 1.54) is 11.3 Å². The molecule has 0 aliphatic heterocycles. The first kappa shape index (κ1) is 16.7. The summed E-state index contributed by atoms with van der Waals surface area (Å²) in [4.78, 5) is 27.2. The zero-order valence-electron chi connectivity index (χ0n) is 13.1. The summed E-state index contributed by atoms with van der Waals surface area (Å²) in [6, 6.07) is 13.9. The van der Waals surface area contributed by atoms with E-state index in [0.717, 1.165) is 10.8 Å². The predicted octanol–water partition coefficient (Wildman–Crippen LogP) is 3.77. The van der Waals surface area contributed by atoms with Gasteiger partial charge in [0.15, 0.2) is 5.13 Å². The number of aliphatic carboxylic acids is 1. The third-order valence-electron chi connectivity index (χ3n) is 3.38. The number of carboxylic acids is 1. The van der Waals surface area contributed by atoms with Crippen LogP contribution in [0, 0.1) is 0 Å². The minimum absolute atomic E-state index is 0.0430. The number of aromatic nitrogens is 1. The van der Waals surface area contributed by atoms with Crippen molar-refractivity contribution >= 4 is 39.7 Å². The Labute approximate surface area is 148 Å². The number of thiazole rings is 1. The molecule has 126 valence electrons. The first-order valence-electron chi connectivity index (χ1n) is 7.49. The van der Waals surface area contributed by atoms with Gasteiger partial charge in [0.2, 0.25) is 0 Å². The lowest BCUT2D eigenvalue weighted by Crippen LogP contribution is -2.12. The molecule has 2 aromatic carbocycles. The molecule has 6 nitrogen and oxygen atoms in total. The first-order valence-corrected chi connectivity index (χ1v) is 8.37. The molecule has 0 atom stereocenters. The summed E-state index contributed by atoms with van der Waals surface area (Å²) >= 11 is 1.48. The first-order chi connectivity index (χ1) is 12.1. The van der Waals surface area contributed by atoms with Gasteiger partial charge in [-0.05, 0) is 35.9 Å². The van der Waals surface area contributed by atoms with Gasteiger partial charge in [-0.15, -0.1) is 11.3 Å². The number of hydrogen-bond donors (Lipinski definition) is 3. The van der Waals surface area contributed by atoms with Crippen LogP contribution in [0.15, 0.2) is 60.1 Å². The van der Waals surface area contributed by atoms with Crippen LogP contribution in [0.5, 0.6) is 0 Å². The van der Waals surface area contributed by atoms with Crippen LogP contribution >= 0.6 is 11.3 Å². The minimum Gasteiger partial charge on any atom is -0.481 e. The van der Waals surface area contributed by atoms with Crippen LogP contribution in [-0.2, 0) is 11.2 Å². The highest BCUT2D eigenvalue weighted by Crippen LogP contribution is 2.20. The Balaban J connectivity index is 1.67. The van der Waals surface area contributed by atoms with Crippen LogP contribution in [0.3, 0.4) is 0 Å². The molecule has 0 radical (unpaired) electrons. The van der Waals surface area contributed by atoms with Gasteiger partial charge in [0, 0.05) is 28.5 Å². The zero-order chi connectivity index (χ0) is 17.6. The molecule has 0 saturated heterocycles. The summed E-state index contributed by atoms with van der Waals surface area (Å²) in [5.41, 5.74) is 2.58. The van der Waals surface area contributed by atoms with Gasteiger partial charge in [-0.3, -0.25) is 9.59 Å². The van der Waals surface area contributed by atoms with Gasteiger partial charge >= 0.3 is 5.97 Å². The average molecular weight is 353 g/mol. The molecule has 7 heteroatoms.